The van der Waals surface area contributed by atoms with E-state index in [4.69, 9.17) is 16.7 Å². The molecule has 0 bridgehead atoms. The van der Waals surface area contributed by atoms with E-state index < -0.39 is 5.97 Å². The monoisotopic (exact) mass is 280 g/mol. The second-order valence-corrected chi connectivity index (χ2v) is 4.31. The average Bonchev–Trinajstić information content (AvgIpc) is 2.33. The van der Waals surface area contributed by atoms with Crippen LogP contribution in [0, 0.1) is 12.7 Å². The van der Waals surface area contributed by atoms with Gasteiger partial charge < -0.3 is 10.4 Å². The van der Waals surface area contributed by atoms with Crippen molar-refractivity contribution in [2.75, 3.05) is 5.32 Å². The van der Waals surface area contributed by atoms with Gasteiger partial charge in [-0.05, 0) is 42.8 Å². The van der Waals surface area contributed by atoms with E-state index in [1.807, 2.05) is 0 Å². The molecular weight excluding hydrogens is 271 g/mol. The van der Waals surface area contributed by atoms with E-state index in [0.717, 1.165) is 0 Å². The van der Waals surface area contributed by atoms with Gasteiger partial charge in [0.25, 0.3) is 0 Å². The van der Waals surface area contributed by atoms with E-state index in [0.29, 0.717) is 11.3 Å². The van der Waals surface area contributed by atoms with Gasteiger partial charge in [-0.15, -0.1) is 0 Å². The predicted octanol–water partition coefficient (Wildman–Crippen LogP) is 3.62. The summed E-state index contributed by atoms with van der Waals surface area (Å²) in [5.74, 6) is -1.33. The Kier molecular flexibility index (Phi) is 3.66. The minimum Gasteiger partial charge on any atom is -0.478 e. The van der Waals surface area contributed by atoms with Crippen LogP contribution in [0.1, 0.15) is 15.9 Å². The minimum atomic E-state index is -1.12. The highest BCUT2D eigenvalue weighted by Crippen LogP contribution is 2.22. The summed E-state index contributed by atoms with van der Waals surface area (Å²) < 4.78 is 13.2. The van der Waals surface area contributed by atoms with Gasteiger partial charge in [0.1, 0.15) is 22.4 Å². The molecule has 0 amide bonds. The fourth-order valence-electron chi connectivity index (χ4n) is 1.56. The number of aromatic nitrogens is 1. The molecule has 2 rings (SSSR count). The lowest BCUT2D eigenvalue weighted by Crippen LogP contribution is -2.05. The van der Waals surface area contributed by atoms with Crippen molar-refractivity contribution in [1.82, 2.24) is 4.98 Å². The van der Waals surface area contributed by atoms with Crippen LogP contribution in [0.4, 0.5) is 15.9 Å². The van der Waals surface area contributed by atoms with E-state index in [9.17, 15) is 9.18 Å². The van der Waals surface area contributed by atoms with Crippen LogP contribution in [0.2, 0.25) is 5.15 Å². The molecule has 1 heterocycles. The minimum absolute atomic E-state index is 0.00798. The number of hydrogen-bond donors (Lipinski definition) is 2. The molecule has 2 N–H and O–H groups in total. The number of benzene rings is 1. The summed E-state index contributed by atoms with van der Waals surface area (Å²) in [6.45, 7) is 1.62. The topological polar surface area (TPSA) is 62.2 Å². The van der Waals surface area contributed by atoms with Crippen molar-refractivity contribution < 1.29 is 14.3 Å². The molecule has 0 saturated heterocycles. The summed E-state index contributed by atoms with van der Waals surface area (Å²) in [6.07, 6.45) is 0. The van der Waals surface area contributed by atoms with Crippen LogP contribution in [0.15, 0.2) is 30.3 Å². The normalized spacial score (nSPS) is 10.3. The van der Waals surface area contributed by atoms with Crippen molar-refractivity contribution in [2.24, 2.45) is 0 Å². The van der Waals surface area contributed by atoms with Gasteiger partial charge in [-0.2, -0.15) is 0 Å². The number of nitrogens with one attached hydrogen (secondary N) is 1. The molecule has 98 valence electrons. The first-order valence-corrected chi connectivity index (χ1v) is 5.78. The van der Waals surface area contributed by atoms with Crippen LogP contribution in [0.3, 0.4) is 0 Å². The lowest BCUT2D eigenvalue weighted by molar-refractivity contribution is 0.0697. The Labute approximate surface area is 113 Å². The third-order valence-electron chi connectivity index (χ3n) is 2.51. The number of pyridine rings is 1. The van der Waals surface area contributed by atoms with E-state index in [1.165, 1.54) is 24.3 Å². The Morgan fingerprint density at radius 3 is 2.74 bits per heavy atom. The molecule has 0 aliphatic carbocycles. The van der Waals surface area contributed by atoms with Crippen LogP contribution in [0.25, 0.3) is 0 Å². The highest BCUT2D eigenvalue weighted by molar-refractivity contribution is 6.29. The molecule has 0 fully saturated rings. The van der Waals surface area contributed by atoms with Crippen LogP contribution < -0.4 is 5.32 Å². The summed E-state index contributed by atoms with van der Waals surface area (Å²) in [7, 11) is 0. The zero-order chi connectivity index (χ0) is 14.0. The van der Waals surface area contributed by atoms with Crippen molar-refractivity contribution in [2.45, 2.75) is 6.92 Å². The molecular formula is C13H10ClFN2O2. The van der Waals surface area contributed by atoms with Gasteiger partial charge in [-0.1, -0.05) is 11.6 Å². The summed E-state index contributed by atoms with van der Waals surface area (Å²) in [4.78, 5) is 15.0. The standard InChI is InChI=1S/C13H10ClFN2O2/c1-7-6-8(2-4-10(7)15)16-12-9(13(18)19)3-5-11(14)17-12/h2-6H,1H3,(H,16,17)(H,18,19). The van der Waals surface area contributed by atoms with Crippen molar-refractivity contribution in [1.29, 1.82) is 0 Å². The maximum absolute atomic E-state index is 13.2. The number of carboxylic acids is 1. The van der Waals surface area contributed by atoms with E-state index in [1.54, 1.807) is 13.0 Å². The Morgan fingerprint density at radius 2 is 2.11 bits per heavy atom. The van der Waals surface area contributed by atoms with Gasteiger partial charge in [0, 0.05) is 5.69 Å². The predicted molar refractivity (Wildman–Crippen MR) is 70.6 cm³/mol. The highest BCUT2D eigenvalue weighted by Gasteiger charge is 2.12. The Bertz CT molecular complexity index is 647. The smallest absolute Gasteiger partial charge is 0.339 e. The molecule has 0 saturated carbocycles. The number of halogens is 2. The molecule has 0 aliphatic heterocycles. The molecule has 4 nitrogen and oxygen atoms in total. The Morgan fingerprint density at radius 1 is 1.37 bits per heavy atom. The second-order valence-electron chi connectivity index (χ2n) is 3.92. The molecule has 19 heavy (non-hydrogen) atoms. The third-order valence-corrected chi connectivity index (χ3v) is 2.72. The van der Waals surface area contributed by atoms with E-state index >= 15 is 0 Å². The first kappa shape index (κ1) is 13.3. The van der Waals surface area contributed by atoms with Crippen LogP contribution in [-0.2, 0) is 0 Å². The van der Waals surface area contributed by atoms with Gasteiger partial charge >= 0.3 is 5.97 Å². The molecule has 1 aromatic carbocycles. The first-order valence-electron chi connectivity index (χ1n) is 5.40. The van der Waals surface area contributed by atoms with E-state index in [2.05, 4.69) is 10.3 Å². The summed E-state index contributed by atoms with van der Waals surface area (Å²) in [6, 6.07) is 7.10. The molecule has 1 aromatic heterocycles. The number of nitrogens with zero attached hydrogens (tertiary/aromatic N) is 1. The van der Waals surface area contributed by atoms with Gasteiger partial charge in [0.2, 0.25) is 0 Å². The molecule has 0 spiro atoms. The number of carboxylic acid groups (broad SMARTS) is 1. The highest BCUT2D eigenvalue weighted by atomic mass is 35.5. The van der Waals surface area contributed by atoms with Crippen molar-refractivity contribution in [3.8, 4) is 0 Å². The lowest BCUT2D eigenvalue weighted by Gasteiger charge is -2.09. The fraction of sp³-hybridized carbons (Fsp3) is 0.0769. The maximum Gasteiger partial charge on any atom is 0.339 e. The largest absolute Gasteiger partial charge is 0.478 e. The van der Waals surface area contributed by atoms with Crippen molar-refractivity contribution >= 4 is 29.1 Å². The molecule has 2 aromatic rings. The van der Waals surface area contributed by atoms with Crippen molar-refractivity contribution in [3.63, 3.8) is 0 Å². The van der Waals surface area contributed by atoms with Crippen LogP contribution in [-0.4, -0.2) is 16.1 Å². The maximum atomic E-state index is 13.2. The van der Waals surface area contributed by atoms with Gasteiger partial charge in [-0.25, -0.2) is 14.2 Å². The molecule has 0 unspecified atom stereocenters. The molecule has 0 atom stereocenters. The SMILES string of the molecule is Cc1cc(Nc2nc(Cl)ccc2C(=O)O)ccc1F. The van der Waals surface area contributed by atoms with Crippen molar-refractivity contribution in [3.05, 3.63) is 52.4 Å². The number of aromatic carboxylic acids is 1. The van der Waals surface area contributed by atoms with Gasteiger partial charge in [-0.3, -0.25) is 0 Å². The summed E-state index contributed by atoms with van der Waals surface area (Å²) in [5, 5.41) is 12.0. The molecule has 6 heteroatoms. The number of anilines is 2. The number of hydrogen-bond acceptors (Lipinski definition) is 3. The van der Waals surface area contributed by atoms with E-state index in [-0.39, 0.29) is 22.4 Å². The Hall–Kier alpha value is -2.14. The average molecular weight is 281 g/mol. The molecule has 0 radical (unpaired) electrons. The Balaban J connectivity index is 2.39. The van der Waals surface area contributed by atoms with Gasteiger partial charge in [0.05, 0.1) is 0 Å². The van der Waals surface area contributed by atoms with Crippen LogP contribution >= 0.6 is 11.6 Å². The summed E-state index contributed by atoms with van der Waals surface area (Å²) in [5.41, 5.74) is 0.978. The first-order chi connectivity index (χ1) is 8.97. The number of aryl methyl sites for hydroxylation is 1. The second kappa shape index (κ2) is 5.24. The third kappa shape index (κ3) is 3.00. The zero-order valence-electron chi connectivity index (χ0n) is 9.95. The van der Waals surface area contributed by atoms with Crippen LogP contribution in [0.5, 0.6) is 0 Å². The van der Waals surface area contributed by atoms with Gasteiger partial charge in [0.15, 0.2) is 0 Å². The molecule has 0 aliphatic rings. The fourth-order valence-corrected chi connectivity index (χ4v) is 1.71. The quantitative estimate of drug-likeness (QED) is 0.843. The number of rotatable bonds is 3. The number of carbonyl (C=O) groups is 1. The summed E-state index contributed by atoms with van der Waals surface area (Å²) >= 11 is 5.74. The lowest BCUT2D eigenvalue weighted by atomic mass is 10.2. The zero-order valence-corrected chi connectivity index (χ0v) is 10.7.